The van der Waals surface area contributed by atoms with Gasteiger partial charge in [0.1, 0.15) is 0 Å². The summed E-state index contributed by atoms with van der Waals surface area (Å²) in [6.45, 7) is 0. The van der Waals surface area contributed by atoms with E-state index in [1.807, 2.05) is 84.9 Å². The molecule has 3 rings (SSSR count). The van der Waals surface area contributed by atoms with Crippen LogP contribution in [0.25, 0.3) is 11.1 Å². The van der Waals surface area contributed by atoms with Gasteiger partial charge < -0.3 is 0 Å². The minimum atomic E-state index is -0.551. The first-order valence-electron chi connectivity index (χ1n) is 7.44. The van der Waals surface area contributed by atoms with Gasteiger partial charge in [-0.1, -0.05) is 84.9 Å². The molecule has 0 spiro atoms. The van der Waals surface area contributed by atoms with Crippen LogP contribution in [0.5, 0.6) is 0 Å². The van der Waals surface area contributed by atoms with Crippen LogP contribution < -0.4 is 5.48 Å². The van der Waals surface area contributed by atoms with Crippen LogP contribution in [-0.2, 0) is 4.79 Å². The summed E-state index contributed by atoms with van der Waals surface area (Å²) in [5.41, 5.74) is 5.58. The maximum atomic E-state index is 12.2. The lowest BCUT2D eigenvalue weighted by atomic mass is 9.89. The summed E-state index contributed by atoms with van der Waals surface area (Å²) in [7, 11) is 0. The second-order valence-corrected chi connectivity index (χ2v) is 5.31. The van der Waals surface area contributed by atoms with E-state index in [2.05, 4.69) is 0 Å². The number of amides is 1. The molecular weight excluding hydrogens is 286 g/mol. The van der Waals surface area contributed by atoms with Crippen LogP contribution in [0.15, 0.2) is 84.9 Å². The number of hydrogen-bond acceptors (Lipinski definition) is 2. The van der Waals surface area contributed by atoms with E-state index in [0.29, 0.717) is 0 Å². The lowest BCUT2D eigenvalue weighted by Crippen LogP contribution is -2.27. The number of benzene rings is 3. The Hall–Kier alpha value is -2.91. The topological polar surface area (TPSA) is 49.3 Å². The van der Waals surface area contributed by atoms with Crippen LogP contribution in [0, 0.1) is 0 Å². The van der Waals surface area contributed by atoms with Crippen molar-refractivity contribution in [3.05, 3.63) is 96.1 Å². The molecule has 0 aliphatic rings. The van der Waals surface area contributed by atoms with Gasteiger partial charge in [0, 0.05) is 0 Å². The third-order valence-electron chi connectivity index (χ3n) is 3.83. The standard InChI is InChI=1S/C20H17NO2/c22-20(21-23)19(16-10-5-2-6-11-16)18-13-7-12-17(14-18)15-8-3-1-4-9-15/h1-14,19,23H,(H,21,22). The van der Waals surface area contributed by atoms with Crippen molar-refractivity contribution in [3.63, 3.8) is 0 Å². The minimum absolute atomic E-state index is 0.443. The molecule has 3 aromatic rings. The summed E-state index contributed by atoms with van der Waals surface area (Å²) >= 11 is 0. The Morgan fingerprint density at radius 1 is 0.739 bits per heavy atom. The van der Waals surface area contributed by atoms with Crippen LogP contribution >= 0.6 is 0 Å². The summed E-state index contributed by atoms with van der Waals surface area (Å²) in [5.74, 6) is -0.994. The fourth-order valence-electron chi connectivity index (χ4n) is 2.73. The molecular formula is C20H17NO2. The van der Waals surface area contributed by atoms with Crippen molar-refractivity contribution in [1.29, 1.82) is 0 Å². The molecule has 3 nitrogen and oxygen atoms in total. The Morgan fingerprint density at radius 2 is 1.30 bits per heavy atom. The van der Waals surface area contributed by atoms with Gasteiger partial charge in [-0.3, -0.25) is 10.0 Å². The second-order valence-electron chi connectivity index (χ2n) is 5.31. The zero-order valence-corrected chi connectivity index (χ0v) is 12.5. The Kier molecular flexibility index (Phi) is 4.50. The molecule has 0 fully saturated rings. The van der Waals surface area contributed by atoms with Crippen molar-refractivity contribution in [3.8, 4) is 11.1 Å². The predicted octanol–water partition coefficient (Wildman–Crippen LogP) is 3.99. The Labute approximate surface area is 135 Å². The molecule has 1 amide bonds. The smallest absolute Gasteiger partial charge is 0.255 e. The van der Waals surface area contributed by atoms with Gasteiger partial charge in [-0.05, 0) is 22.3 Å². The molecule has 0 saturated carbocycles. The molecule has 3 aromatic carbocycles. The molecule has 0 bridgehead atoms. The molecule has 3 heteroatoms. The van der Waals surface area contributed by atoms with E-state index in [-0.39, 0.29) is 0 Å². The average molecular weight is 303 g/mol. The normalized spacial score (nSPS) is 11.7. The first-order chi connectivity index (χ1) is 11.3. The highest BCUT2D eigenvalue weighted by atomic mass is 16.5. The highest BCUT2D eigenvalue weighted by Crippen LogP contribution is 2.28. The van der Waals surface area contributed by atoms with Crippen molar-refractivity contribution >= 4 is 5.91 Å². The highest BCUT2D eigenvalue weighted by Gasteiger charge is 2.22. The molecule has 0 radical (unpaired) electrons. The van der Waals surface area contributed by atoms with E-state index in [4.69, 9.17) is 5.21 Å². The van der Waals surface area contributed by atoms with Crippen molar-refractivity contribution in [2.45, 2.75) is 5.92 Å². The molecule has 2 N–H and O–H groups in total. The lowest BCUT2D eigenvalue weighted by molar-refractivity contribution is -0.129. The second kappa shape index (κ2) is 6.90. The van der Waals surface area contributed by atoms with Crippen molar-refractivity contribution in [2.75, 3.05) is 0 Å². The van der Waals surface area contributed by atoms with Crippen LogP contribution in [0.3, 0.4) is 0 Å². The quantitative estimate of drug-likeness (QED) is 0.565. The number of rotatable bonds is 4. The average Bonchev–Trinajstić information content (AvgIpc) is 2.64. The predicted molar refractivity (Wildman–Crippen MR) is 90.1 cm³/mol. The summed E-state index contributed by atoms with van der Waals surface area (Å²) < 4.78 is 0. The van der Waals surface area contributed by atoms with E-state index < -0.39 is 11.8 Å². The molecule has 23 heavy (non-hydrogen) atoms. The van der Waals surface area contributed by atoms with E-state index >= 15 is 0 Å². The number of carbonyl (C=O) groups excluding carboxylic acids is 1. The van der Waals surface area contributed by atoms with Gasteiger partial charge in [0.15, 0.2) is 0 Å². The molecule has 0 aromatic heterocycles. The highest BCUT2D eigenvalue weighted by molar-refractivity contribution is 5.86. The fraction of sp³-hybridized carbons (Fsp3) is 0.0500. The van der Waals surface area contributed by atoms with E-state index in [1.165, 1.54) is 0 Å². The molecule has 0 aliphatic heterocycles. The summed E-state index contributed by atoms with van der Waals surface area (Å²) in [4.78, 5) is 12.2. The number of hydroxylamine groups is 1. The lowest BCUT2D eigenvalue weighted by Gasteiger charge is -2.17. The van der Waals surface area contributed by atoms with Crippen LogP contribution in [0.1, 0.15) is 17.0 Å². The Bertz CT molecular complexity index is 785. The van der Waals surface area contributed by atoms with Gasteiger partial charge in [-0.15, -0.1) is 0 Å². The van der Waals surface area contributed by atoms with Crippen molar-refractivity contribution < 1.29 is 10.0 Å². The zero-order valence-electron chi connectivity index (χ0n) is 12.5. The molecule has 1 unspecified atom stereocenters. The first kappa shape index (κ1) is 15.0. The van der Waals surface area contributed by atoms with E-state index in [0.717, 1.165) is 22.3 Å². The van der Waals surface area contributed by atoms with Gasteiger partial charge >= 0.3 is 0 Å². The fourth-order valence-corrected chi connectivity index (χ4v) is 2.73. The Morgan fingerprint density at radius 3 is 1.96 bits per heavy atom. The number of carbonyl (C=O) groups is 1. The molecule has 0 heterocycles. The third-order valence-corrected chi connectivity index (χ3v) is 3.83. The van der Waals surface area contributed by atoms with Gasteiger partial charge in [0.2, 0.25) is 0 Å². The van der Waals surface area contributed by atoms with Crippen LogP contribution in [-0.4, -0.2) is 11.1 Å². The number of hydrogen-bond donors (Lipinski definition) is 2. The summed E-state index contributed by atoms with van der Waals surface area (Å²) in [6.07, 6.45) is 0. The van der Waals surface area contributed by atoms with Gasteiger partial charge in [-0.2, -0.15) is 0 Å². The first-order valence-corrected chi connectivity index (χ1v) is 7.44. The largest absolute Gasteiger partial charge is 0.289 e. The Balaban J connectivity index is 2.05. The van der Waals surface area contributed by atoms with Gasteiger partial charge in [-0.25, -0.2) is 5.48 Å². The van der Waals surface area contributed by atoms with Crippen molar-refractivity contribution in [1.82, 2.24) is 5.48 Å². The van der Waals surface area contributed by atoms with Crippen molar-refractivity contribution in [2.24, 2.45) is 0 Å². The molecule has 114 valence electrons. The SMILES string of the molecule is O=C(NO)C(c1ccccc1)c1cccc(-c2ccccc2)c1. The monoisotopic (exact) mass is 303 g/mol. The van der Waals surface area contributed by atoms with Gasteiger partial charge in [0.25, 0.3) is 5.91 Å². The van der Waals surface area contributed by atoms with E-state index in [9.17, 15) is 4.79 Å². The molecule has 0 saturated heterocycles. The third kappa shape index (κ3) is 3.30. The summed E-state index contributed by atoms with van der Waals surface area (Å²) in [6, 6.07) is 27.3. The number of nitrogens with one attached hydrogen (secondary N) is 1. The van der Waals surface area contributed by atoms with Gasteiger partial charge in [0.05, 0.1) is 5.92 Å². The van der Waals surface area contributed by atoms with Crippen LogP contribution in [0.2, 0.25) is 0 Å². The zero-order chi connectivity index (χ0) is 16.1. The maximum absolute atomic E-state index is 12.2. The summed E-state index contributed by atoms with van der Waals surface area (Å²) in [5, 5.41) is 9.11. The minimum Gasteiger partial charge on any atom is -0.289 e. The molecule has 1 atom stereocenters. The van der Waals surface area contributed by atoms with Crippen LogP contribution in [0.4, 0.5) is 0 Å². The maximum Gasteiger partial charge on any atom is 0.255 e. The van der Waals surface area contributed by atoms with E-state index in [1.54, 1.807) is 5.48 Å². The molecule has 0 aliphatic carbocycles.